The number of halogens is 3. The third-order valence-electron chi connectivity index (χ3n) is 4.79. The van der Waals surface area contributed by atoms with Crippen LogP contribution >= 0.6 is 0 Å². The predicted molar refractivity (Wildman–Crippen MR) is 95.7 cm³/mol. The van der Waals surface area contributed by atoms with E-state index in [1.54, 1.807) is 15.9 Å². The van der Waals surface area contributed by atoms with E-state index in [9.17, 15) is 18.0 Å². The van der Waals surface area contributed by atoms with Gasteiger partial charge in [-0.05, 0) is 18.2 Å². The minimum absolute atomic E-state index is 0.155. The van der Waals surface area contributed by atoms with Crippen LogP contribution in [0, 0.1) is 0 Å². The summed E-state index contributed by atoms with van der Waals surface area (Å²) in [5, 5.41) is 7.69. The summed E-state index contributed by atoms with van der Waals surface area (Å²) in [6.07, 6.45) is -4.41. The van der Waals surface area contributed by atoms with Gasteiger partial charge in [-0.1, -0.05) is 30.3 Å². The molecular weight excluding hydrogens is 357 g/mol. The molecule has 0 bridgehead atoms. The molecular formula is C19H17F3N4O. The third kappa shape index (κ3) is 3.22. The van der Waals surface area contributed by atoms with E-state index in [1.807, 2.05) is 24.3 Å². The molecule has 1 N–H and O–H groups in total. The van der Waals surface area contributed by atoms with Crippen molar-refractivity contribution in [3.8, 4) is 0 Å². The van der Waals surface area contributed by atoms with Crippen molar-refractivity contribution in [3.63, 3.8) is 0 Å². The van der Waals surface area contributed by atoms with Gasteiger partial charge >= 0.3 is 6.18 Å². The van der Waals surface area contributed by atoms with Gasteiger partial charge < -0.3 is 9.80 Å². The number of amides is 1. The minimum Gasteiger partial charge on any atom is -0.367 e. The van der Waals surface area contributed by atoms with Crippen LogP contribution in [-0.4, -0.2) is 47.2 Å². The Bertz CT molecular complexity index is 974. The van der Waals surface area contributed by atoms with Crippen LogP contribution in [0.2, 0.25) is 0 Å². The maximum Gasteiger partial charge on any atom is 0.418 e. The van der Waals surface area contributed by atoms with Crippen molar-refractivity contribution < 1.29 is 18.0 Å². The average molecular weight is 374 g/mol. The number of anilines is 1. The highest BCUT2D eigenvalue weighted by Crippen LogP contribution is 2.36. The van der Waals surface area contributed by atoms with Gasteiger partial charge in [-0.15, -0.1) is 0 Å². The number of fused-ring (bicyclic) bond motifs is 1. The number of hydrogen-bond donors (Lipinski definition) is 1. The van der Waals surface area contributed by atoms with Crippen LogP contribution in [0.3, 0.4) is 0 Å². The minimum atomic E-state index is -4.41. The van der Waals surface area contributed by atoms with Crippen molar-refractivity contribution in [1.29, 1.82) is 0 Å². The number of nitrogens with zero attached hydrogens (tertiary/aromatic N) is 3. The van der Waals surface area contributed by atoms with Crippen molar-refractivity contribution in [3.05, 3.63) is 59.8 Å². The van der Waals surface area contributed by atoms with Gasteiger partial charge in [-0.3, -0.25) is 9.89 Å². The summed E-state index contributed by atoms with van der Waals surface area (Å²) in [6.45, 7) is 1.35. The van der Waals surface area contributed by atoms with Crippen molar-refractivity contribution >= 4 is 22.5 Å². The molecule has 1 aliphatic heterocycles. The maximum atomic E-state index is 13.2. The zero-order valence-electron chi connectivity index (χ0n) is 14.3. The third-order valence-corrected chi connectivity index (χ3v) is 4.79. The molecule has 1 amide bonds. The lowest BCUT2D eigenvalue weighted by molar-refractivity contribution is -0.137. The summed E-state index contributed by atoms with van der Waals surface area (Å²) >= 11 is 0. The Kier molecular flexibility index (Phi) is 4.25. The number of piperazine rings is 1. The summed E-state index contributed by atoms with van der Waals surface area (Å²) in [6, 6.07) is 12.9. The maximum absolute atomic E-state index is 13.2. The Morgan fingerprint density at radius 3 is 2.37 bits per heavy atom. The summed E-state index contributed by atoms with van der Waals surface area (Å²) in [5.41, 5.74) is 0.624. The molecule has 1 aromatic heterocycles. The number of aromatic amines is 1. The first-order chi connectivity index (χ1) is 12.9. The van der Waals surface area contributed by atoms with Crippen LogP contribution in [0.5, 0.6) is 0 Å². The standard InChI is InChI=1S/C19H17F3N4O/c20-19(21,22)14-6-2-4-8-16(14)25-9-11-26(12-10-25)18(27)17-13-5-1-3-7-15(13)23-24-17/h1-8H,9-12H2,(H,23,24). The number of aromatic nitrogens is 2. The quantitative estimate of drug-likeness (QED) is 0.747. The molecule has 1 saturated heterocycles. The van der Waals surface area contributed by atoms with Crippen molar-refractivity contribution in [2.45, 2.75) is 6.18 Å². The molecule has 0 saturated carbocycles. The van der Waals surface area contributed by atoms with E-state index in [0.29, 0.717) is 31.9 Å². The van der Waals surface area contributed by atoms with Gasteiger partial charge in [0.1, 0.15) is 0 Å². The SMILES string of the molecule is O=C(c1n[nH]c2ccccc12)N1CCN(c2ccccc2C(F)(F)F)CC1. The van der Waals surface area contributed by atoms with Crippen molar-refractivity contribution in [2.75, 3.05) is 31.1 Å². The van der Waals surface area contributed by atoms with Crippen LogP contribution in [0.4, 0.5) is 18.9 Å². The summed E-state index contributed by atoms with van der Waals surface area (Å²) in [7, 11) is 0. The van der Waals surface area contributed by atoms with E-state index in [4.69, 9.17) is 0 Å². The van der Waals surface area contributed by atoms with Gasteiger partial charge in [0, 0.05) is 37.3 Å². The van der Waals surface area contributed by atoms with Crippen LogP contribution in [0.1, 0.15) is 16.1 Å². The van der Waals surface area contributed by atoms with E-state index in [1.165, 1.54) is 12.1 Å². The number of para-hydroxylation sites is 2. The number of carbonyl (C=O) groups is 1. The Labute approximate surface area is 153 Å². The average Bonchev–Trinajstić information content (AvgIpc) is 3.11. The molecule has 1 fully saturated rings. The van der Waals surface area contributed by atoms with Gasteiger partial charge in [0.25, 0.3) is 5.91 Å². The summed E-state index contributed by atoms with van der Waals surface area (Å²) in [4.78, 5) is 16.1. The van der Waals surface area contributed by atoms with E-state index < -0.39 is 11.7 Å². The highest BCUT2D eigenvalue weighted by Gasteiger charge is 2.35. The number of carbonyl (C=O) groups excluding carboxylic acids is 1. The first-order valence-corrected chi connectivity index (χ1v) is 8.59. The molecule has 2 aromatic carbocycles. The van der Waals surface area contributed by atoms with E-state index >= 15 is 0 Å². The lowest BCUT2D eigenvalue weighted by atomic mass is 10.1. The first kappa shape index (κ1) is 17.4. The zero-order chi connectivity index (χ0) is 19.0. The normalized spacial score (nSPS) is 15.4. The van der Waals surface area contributed by atoms with Crippen LogP contribution < -0.4 is 4.90 Å². The number of H-pyrrole nitrogens is 1. The van der Waals surface area contributed by atoms with Gasteiger partial charge in [0.15, 0.2) is 5.69 Å². The molecule has 5 nitrogen and oxygen atoms in total. The van der Waals surface area contributed by atoms with Gasteiger partial charge in [-0.2, -0.15) is 18.3 Å². The molecule has 1 aliphatic rings. The molecule has 27 heavy (non-hydrogen) atoms. The summed E-state index contributed by atoms with van der Waals surface area (Å²) in [5.74, 6) is -0.212. The largest absolute Gasteiger partial charge is 0.418 e. The second-order valence-electron chi connectivity index (χ2n) is 6.41. The second kappa shape index (κ2) is 6.61. The van der Waals surface area contributed by atoms with E-state index in [-0.39, 0.29) is 11.6 Å². The van der Waals surface area contributed by atoms with E-state index in [0.717, 1.165) is 17.0 Å². The molecule has 0 unspecified atom stereocenters. The Morgan fingerprint density at radius 2 is 1.63 bits per heavy atom. The molecule has 0 spiro atoms. The molecule has 4 rings (SSSR count). The Balaban J connectivity index is 1.51. The van der Waals surface area contributed by atoms with Gasteiger partial charge in [0.05, 0.1) is 11.1 Å². The monoisotopic (exact) mass is 374 g/mol. The summed E-state index contributed by atoms with van der Waals surface area (Å²) < 4.78 is 39.7. The molecule has 140 valence electrons. The molecule has 0 atom stereocenters. The van der Waals surface area contributed by atoms with Gasteiger partial charge in [0.2, 0.25) is 0 Å². The number of hydrogen-bond acceptors (Lipinski definition) is 3. The lowest BCUT2D eigenvalue weighted by Crippen LogP contribution is -2.49. The molecule has 0 radical (unpaired) electrons. The second-order valence-corrected chi connectivity index (χ2v) is 6.41. The lowest BCUT2D eigenvalue weighted by Gasteiger charge is -2.36. The van der Waals surface area contributed by atoms with Crippen LogP contribution in [0.25, 0.3) is 10.9 Å². The number of benzene rings is 2. The van der Waals surface area contributed by atoms with Crippen LogP contribution in [0.15, 0.2) is 48.5 Å². The fourth-order valence-electron chi connectivity index (χ4n) is 3.42. The number of nitrogens with one attached hydrogen (secondary N) is 1. The fraction of sp³-hybridized carbons (Fsp3) is 0.263. The Hall–Kier alpha value is -3.03. The number of rotatable bonds is 2. The smallest absolute Gasteiger partial charge is 0.367 e. The fourth-order valence-corrected chi connectivity index (χ4v) is 3.42. The highest BCUT2D eigenvalue weighted by atomic mass is 19.4. The van der Waals surface area contributed by atoms with Crippen molar-refractivity contribution in [2.24, 2.45) is 0 Å². The van der Waals surface area contributed by atoms with Crippen LogP contribution in [-0.2, 0) is 6.18 Å². The first-order valence-electron chi connectivity index (χ1n) is 8.59. The zero-order valence-corrected chi connectivity index (χ0v) is 14.3. The molecule has 0 aliphatic carbocycles. The number of alkyl halides is 3. The molecule has 8 heteroatoms. The molecule has 3 aromatic rings. The topological polar surface area (TPSA) is 52.2 Å². The molecule has 2 heterocycles. The Morgan fingerprint density at radius 1 is 0.963 bits per heavy atom. The van der Waals surface area contributed by atoms with Gasteiger partial charge in [-0.25, -0.2) is 0 Å². The predicted octanol–water partition coefficient (Wildman–Crippen LogP) is 3.54. The van der Waals surface area contributed by atoms with Crippen molar-refractivity contribution in [1.82, 2.24) is 15.1 Å². The highest BCUT2D eigenvalue weighted by molar-refractivity contribution is 6.04. The van der Waals surface area contributed by atoms with E-state index in [2.05, 4.69) is 10.2 Å².